The van der Waals surface area contributed by atoms with Gasteiger partial charge in [-0.05, 0) is 36.4 Å². The SMILES string of the molecule is OC1=C2CNc3ccccc3N2NN1c1ccc(C(F)(F)F)cc1. The van der Waals surface area contributed by atoms with Gasteiger partial charge in [-0.25, -0.2) is 5.01 Å². The highest BCUT2D eigenvalue weighted by Gasteiger charge is 2.35. The van der Waals surface area contributed by atoms with E-state index in [0.717, 1.165) is 23.5 Å². The summed E-state index contributed by atoms with van der Waals surface area (Å²) in [5, 5.41) is 16.7. The van der Waals surface area contributed by atoms with Gasteiger partial charge in [0.15, 0.2) is 0 Å². The molecule has 0 aliphatic carbocycles. The molecule has 4 rings (SSSR count). The van der Waals surface area contributed by atoms with E-state index >= 15 is 0 Å². The normalized spacial score (nSPS) is 16.8. The molecule has 24 heavy (non-hydrogen) atoms. The van der Waals surface area contributed by atoms with E-state index in [1.165, 1.54) is 17.1 Å². The Bertz CT molecular complexity index is 817. The number of aliphatic hydroxyl groups is 1. The van der Waals surface area contributed by atoms with Crippen LogP contribution in [0.1, 0.15) is 5.56 Å². The van der Waals surface area contributed by atoms with Gasteiger partial charge in [0.1, 0.15) is 5.70 Å². The van der Waals surface area contributed by atoms with Crippen LogP contribution in [0.2, 0.25) is 0 Å². The maximum absolute atomic E-state index is 12.7. The minimum atomic E-state index is -4.39. The smallest absolute Gasteiger partial charge is 0.416 e. The Balaban J connectivity index is 1.67. The Labute approximate surface area is 135 Å². The van der Waals surface area contributed by atoms with E-state index in [9.17, 15) is 18.3 Å². The topological polar surface area (TPSA) is 50.8 Å². The predicted octanol–water partition coefficient (Wildman–Crippen LogP) is 3.60. The molecule has 5 nitrogen and oxygen atoms in total. The number of hydrogen-bond acceptors (Lipinski definition) is 5. The van der Waals surface area contributed by atoms with Crippen LogP contribution in [0.3, 0.4) is 0 Å². The van der Waals surface area contributed by atoms with Crippen molar-refractivity contribution < 1.29 is 18.3 Å². The monoisotopic (exact) mass is 334 g/mol. The van der Waals surface area contributed by atoms with Crippen molar-refractivity contribution >= 4 is 17.1 Å². The van der Waals surface area contributed by atoms with Gasteiger partial charge in [-0.1, -0.05) is 12.1 Å². The summed E-state index contributed by atoms with van der Waals surface area (Å²) in [6, 6.07) is 12.1. The fraction of sp³-hybridized carbons (Fsp3) is 0.125. The zero-order chi connectivity index (χ0) is 16.9. The summed E-state index contributed by atoms with van der Waals surface area (Å²) in [7, 11) is 0. The van der Waals surface area contributed by atoms with Crippen LogP contribution in [0, 0.1) is 0 Å². The van der Waals surface area contributed by atoms with Crippen molar-refractivity contribution in [3.63, 3.8) is 0 Å². The first-order valence-corrected chi connectivity index (χ1v) is 7.24. The van der Waals surface area contributed by atoms with Crippen LogP contribution in [0.4, 0.5) is 30.2 Å². The molecule has 8 heteroatoms. The fourth-order valence-electron chi connectivity index (χ4n) is 2.77. The third-order valence-electron chi connectivity index (χ3n) is 3.98. The van der Waals surface area contributed by atoms with Crippen LogP contribution in [0.25, 0.3) is 0 Å². The summed E-state index contributed by atoms with van der Waals surface area (Å²) >= 11 is 0. The maximum Gasteiger partial charge on any atom is 0.416 e. The highest BCUT2D eigenvalue weighted by Crippen LogP contribution is 2.37. The first-order chi connectivity index (χ1) is 11.4. The number of para-hydroxylation sites is 2. The number of alkyl halides is 3. The summed E-state index contributed by atoms with van der Waals surface area (Å²) in [6.07, 6.45) is -4.39. The second kappa shape index (κ2) is 5.07. The van der Waals surface area contributed by atoms with E-state index in [4.69, 9.17) is 0 Å². The molecule has 0 amide bonds. The number of halogens is 3. The molecule has 3 N–H and O–H groups in total. The van der Waals surface area contributed by atoms with Gasteiger partial charge in [0, 0.05) is 0 Å². The van der Waals surface area contributed by atoms with E-state index in [0.29, 0.717) is 17.9 Å². The lowest BCUT2D eigenvalue weighted by atomic mass is 10.2. The van der Waals surface area contributed by atoms with Crippen molar-refractivity contribution in [1.29, 1.82) is 0 Å². The van der Waals surface area contributed by atoms with E-state index in [1.54, 1.807) is 5.01 Å². The third kappa shape index (κ3) is 2.23. The quantitative estimate of drug-likeness (QED) is 0.744. The molecule has 2 aromatic carbocycles. The Morgan fingerprint density at radius 2 is 1.67 bits per heavy atom. The van der Waals surface area contributed by atoms with Crippen LogP contribution in [-0.4, -0.2) is 11.7 Å². The Kier molecular flexibility index (Phi) is 3.10. The summed E-state index contributed by atoms with van der Waals surface area (Å²) in [5.74, 6) is -0.0586. The second-order valence-electron chi connectivity index (χ2n) is 5.46. The number of hydrogen-bond donors (Lipinski definition) is 3. The molecule has 0 saturated heterocycles. The zero-order valence-electron chi connectivity index (χ0n) is 12.3. The number of benzene rings is 2. The zero-order valence-corrected chi connectivity index (χ0v) is 12.3. The average Bonchev–Trinajstić information content (AvgIpc) is 2.92. The molecule has 0 saturated carbocycles. The Morgan fingerprint density at radius 1 is 0.958 bits per heavy atom. The Hall–Kier alpha value is -2.87. The second-order valence-corrected chi connectivity index (χ2v) is 5.46. The van der Waals surface area contributed by atoms with Crippen LogP contribution < -0.4 is 20.9 Å². The van der Waals surface area contributed by atoms with E-state index in [2.05, 4.69) is 10.9 Å². The van der Waals surface area contributed by atoms with Crippen molar-refractivity contribution in [2.45, 2.75) is 6.18 Å². The molecule has 0 unspecified atom stereocenters. The molecular weight excluding hydrogens is 321 g/mol. The van der Waals surface area contributed by atoms with Gasteiger partial charge in [0.25, 0.3) is 0 Å². The van der Waals surface area contributed by atoms with E-state index in [1.807, 2.05) is 24.3 Å². The number of rotatable bonds is 1. The molecule has 0 spiro atoms. The largest absolute Gasteiger partial charge is 0.492 e. The van der Waals surface area contributed by atoms with Crippen LogP contribution >= 0.6 is 0 Å². The fourth-order valence-corrected chi connectivity index (χ4v) is 2.77. The van der Waals surface area contributed by atoms with Crippen LogP contribution in [-0.2, 0) is 6.18 Å². The van der Waals surface area contributed by atoms with Gasteiger partial charge in [-0.2, -0.15) is 13.2 Å². The van der Waals surface area contributed by atoms with Gasteiger partial charge in [0.2, 0.25) is 5.88 Å². The van der Waals surface area contributed by atoms with Gasteiger partial charge < -0.3 is 10.4 Å². The number of hydrazine groups is 2. The lowest BCUT2D eigenvalue weighted by Crippen LogP contribution is -2.44. The van der Waals surface area contributed by atoms with Crippen molar-refractivity contribution in [2.24, 2.45) is 0 Å². The summed E-state index contributed by atoms with van der Waals surface area (Å²) in [5.41, 5.74) is 4.97. The van der Waals surface area contributed by atoms with Gasteiger partial charge in [-0.15, -0.1) is 5.53 Å². The molecule has 2 aliphatic rings. The van der Waals surface area contributed by atoms with Gasteiger partial charge in [-0.3, -0.25) is 5.01 Å². The molecular formula is C16H13F3N4O. The van der Waals surface area contributed by atoms with Crippen molar-refractivity contribution in [1.82, 2.24) is 5.53 Å². The number of anilines is 3. The van der Waals surface area contributed by atoms with Crippen molar-refractivity contribution in [3.8, 4) is 0 Å². The number of nitrogens with one attached hydrogen (secondary N) is 2. The van der Waals surface area contributed by atoms with Crippen LogP contribution in [0.5, 0.6) is 0 Å². The maximum atomic E-state index is 12.7. The number of fused-ring (bicyclic) bond motifs is 3. The molecule has 0 bridgehead atoms. The minimum Gasteiger partial charge on any atom is -0.492 e. The molecule has 2 aliphatic heterocycles. The first kappa shape index (κ1) is 14.7. The first-order valence-electron chi connectivity index (χ1n) is 7.24. The van der Waals surface area contributed by atoms with E-state index in [-0.39, 0.29) is 5.88 Å². The Morgan fingerprint density at radius 3 is 2.38 bits per heavy atom. The van der Waals surface area contributed by atoms with Crippen LogP contribution in [0.15, 0.2) is 60.1 Å². The molecule has 0 radical (unpaired) electrons. The summed E-state index contributed by atoms with van der Waals surface area (Å²) < 4.78 is 38.0. The molecule has 2 aromatic rings. The standard InChI is InChI=1S/C16H13F3N4O/c17-16(18,19)10-5-7-11(8-6-10)22-15(24)14-9-20-12-3-1-2-4-13(12)23(14)21-22/h1-8,20-21,24H,9H2. The highest BCUT2D eigenvalue weighted by atomic mass is 19.4. The predicted molar refractivity (Wildman–Crippen MR) is 84.1 cm³/mol. The molecule has 2 heterocycles. The third-order valence-corrected chi connectivity index (χ3v) is 3.98. The average molecular weight is 334 g/mol. The number of nitrogens with zero attached hydrogens (tertiary/aromatic N) is 2. The molecule has 0 fully saturated rings. The number of aliphatic hydroxyl groups excluding tert-OH is 1. The van der Waals surface area contributed by atoms with Crippen molar-refractivity contribution in [3.05, 3.63) is 65.7 Å². The molecule has 0 atom stereocenters. The summed E-state index contributed by atoms with van der Waals surface area (Å²) in [4.78, 5) is 0. The van der Waals surface area contributed by atoms with Gasteiger partial charge >= 0.3 is 6.18 Å². The minimum absolute atomic E-state index is 0.0586. The molecule has 124 valence electrons. The lowest BCUT2D eigenvalue weighted by molar-refractivity contribution is -0.137. The summed E-state index contributed by atoms with van der Waals surface area (Å²) in [6.45, 7) is 0.396. The highest BCUT2D eigenvalue weighted by molar-refractivity contribution is 5.77. The van der Waals surface area contributed by atoms with Gasteiger partial charge in [0.05, 0.1) is 29.2 Å². The van der Waals surface area contributed by atoms with E-state index < -0.39 is 11.7 Å². The molecule has 0 aromatic heterocycles. The lowest BCUT2D eigenvalue weighted by Gasteiger charge is -2.30. The van der Waals surface area contributed by atoms with Crippen molar-refractivity contribution in [2.75, 3.05) is 21.9 Å².